The third-order valence-corrected chi connectivity index (χ3v) is 6.97. The van der Waals surface area contributed by atoms with Crippen molar-refractivity contribution in [2.75, 3.05) is 0 Å². The Morgan fingerprint density at radius 1 is 0.529 bits per heavy atom. The van der Waals surface area contributed by atoms with Crippen molar-refractivity contribution in [1.29, 1.82) is 15.8 Å². The molecule has 3 aromatic rings. The van der Waals surface area contributed by atoms with Crippen molar-refractivity contribution in [3.05, 3.63) is 106 Å². The predicted molar refractivity (Wildman–Crippen MR) is 115 cm³/mol. The van der Waals surface area contributed by atoms with E-state index >= 15 is 0 Å². The van der Waals surface area contributed by atoms with Gasteiger partial charge >= 0.3 is 200 Å². The topological polar surface area (TPSA) is 150 Å². The van der Waals surface area contributed by atoms with Crippen molar-refractivity contribution in [3.63, 3.8) is 0 Å². The number of nitriles is 3. The molecule has 0 amide bonds. The van der Waals surface area contributed by atoms with Crippen molar-refractivity contribution >= 4 is 35.2 Å². The van der Waals surface area contributed by atoms with Crippen LogP contribution in [0, 0.1) is 34.0 Å². The van der Waals surface area contributed by atoms with Gasteiger partial charge in [0, 0.05) is 0 Å². The Kier molecular flexibility index (Phi) is 7.82. The van der Waals surface area contributed by atoms with E-state index in [1.54, 1.807) is 18.2 Å². The van der Waals surface area contributed by atoms with Crippen LogP contribution < -0.4 is 0 Å². The number of hydrogen-bond donors (Lipinski definition) is 0. The Bertz CT molecular complexity index is 1230. The molecule has 0 fully saturated rings. The van der Waals surface area contributed by atoms with Crippen LogP contribution in [0.3, 0.4) is 0 Å². The van der Waals surface area contributed by atoms with Gasteiger partial charge < -0.3 is 0 Å². The van der Waals surface area contributed by atoms with E-state index < -0.39 is 35.2 Å². The van der Waals surface area contributed by atoms with Gasteiger partial charge in [0.25, 0.3) is 0 Å². The minimum atomic E-state index is -4.49. The zero-order chi connectivity index (χ0) is 24.5. The third kappa shape index (κ3) is 5.50. The zero-order valence-corrected chi connectivity index (χ0v) is 19.7. The molecule has 0 saturated heterocycles. The molecular formula is C24H12GaN3O6. The number of nitrogens with zero attached hydrogens (tertiary/aromatic N) is 3. The maximum absolute atomic E-state index is 12.7. The Labute approximate surface area is 200 Å². The number of benzene rings is 3. The average Bonchev–Trinajstić information content (AvgIpc) is 2.88. The molecule has 0 saturated carbocycles. The van der Waals surface area contributed by atoms with E-state index in [1.165, 1.54) is 54.6 Å². The van der Waals surface area contributed by atoms with E-state index in [1.807, 2.05) is 18.2 Å². The Balaban J connectivity index is 1.91. The van der Waals surface area contributed by atoms with E-state index in [0.717, 1.165) is 0 Å². The first-order chi connectivity index (χ1) is 16.5. The normalized spacial score (nSPS) is 9.44. The van der Waals surface area contributed by atoms with Gasteiger partial charge in [-0.1, -0.05) is 0 Å². The Morgan fingerprint density at radius 3 is 1.06 bits per heavy atom. The molecule has 0 aliphatic rings. The molecule has 34 heavy (non-hydrogen) atoms. The summed E-state index contributed by atoms with van der Waals surface area (Å²) in [6.07, 6.45) is 0. The monoisotopic (exact) mass is 507 g/mol. The van der Waals surface area contributed by atoms with Crippen molar-refractivity contribution in [2.45, 2.75) is 0 Å². The first-order valence-corrected chi connectivity index (χ1v) is 12.6. The maximum atomic E-state index is 12.7. The molecule has 0 aliphatic carbocycles. The van der Waals surface area contributed by atoms with Crippen molar-refractivity contribution in [3.8, 4) is 18.2 Å². The van der Waals surface area contributed by atoms with Gasteiger partial charge in [-0.15, -0.1) is 0 Å². The summed E-state index contributed by atoms with van der Waals surface area (Å²) in [6, 6.07) is 22.9. The van der Waals surface area contributed by atoms with E-state index in [4.69, 9.17) is 10.6 Å². The van der Waals surface area contributed by atoms with Crippen molar-refractivity contribution in [1.82, 2.24) is 0 Å². The number of hydrogen-bond acceptors (Lipinski definition) is 9. The Hall–Kier alpha value is -4.82. The number of rotatable bonds is 6. The van der Waals surface area contributed by atoms with Crippen molar-refractivity contribution in [2.24, 2.45) is 0 Å². The van der Waals surface area contributed by atoms with Gasteiger partial charge in [0.1, 0.15) is 0 Å². The second-order valence-corrected chi connectivity index (χ2v) is 9.17. The van der Waals surface area contributed by atoms with Gasteiger partial charge in [-0.3, -0.25) is 0 Å². The van der Waals surface area contributed by atoms with Gasteiger partial charge in [0.05, 0.1) is 0 Å². The molecule has 9 nitrogen and oxygen atoms in total. The summed E-state index contributed by atoms with van der Waals surface area (Å²) in [4.78, 5) is 38.1. The first-order valence-electron chi connectivity index (χ1n) is 9.58. The quantitative estimate of drug-likeness (QED) is 0.458. The van der Waals surface area contributed by atoms with Crippen LogP contribution in [0.2, 0.25) is 0 Å². The van der Waals surface area contributed by atoms with Crippen LogP contribution >= 0.6 is 0 Å². The molecule has 0 radical (unpaired) electrons. The molecule has 3 rings (SSSR count). The average molecular weight is 508 g/mol. The van der Waals surface area contributed by atoms with Crippen LogP contribution in [-0.2, 0) is 10.6 Å². The van der Waals surface area contributed by atoms with E-state index in [2.05, 4.69) is 0 Å². The minimum absolute atomic E-state index is 0.0101. The second kappa shape index (κ2) is 11.2. The molecule has 162 valence electrons. The molecule has 0 aromatic heterocycles. The number of carbonyl (C=O) groups excluding carboxylic acids is 3. The molecule has 0 aliphatic heterocycles. The number of carbonyl (C=O) groups is 3. The fourth-order valence-electron chi connectivity index (χ4n) is 2.80. The van der Waals surface area contributed by atoms with E-state index in [9.17, 15) is 30.2 Å². The molecular weight excluding hydrogens is 496 g/mol. The molecule has 10 heteroatoms. The van der Waals surface area contributed by atoms with E-state index in [0.29, 0.717) is 0 Å². The van der Waals surface area contributed by atoms with Gasteiger partial charge in [-0.2, -0.15) is 0 Å². The standard InChI is InChI=1S/3C8H5NO2.Ga/c3*9-5-6-3-1-2-4-7(6)8(10)11;/h3*1-4H,(H,10,11);/q;;;+3/p-3. The molecule has 0 atom stereocenters. The van der Waals surface area contributed by atoms with Gasteiger partial charge in [-0.05, 0) is 0 Å². The van der Waals surface area contributed by atoms with Crippen molar-refractivity contribution < 1.29 is 25.0 Å². The molecule has 0 unspecified atom stereocenters. The van der Waals surface area contributed by atoms with Crippen LogP contribution in [0.5, 0.6) is 0 Å². The van der Waals surface area contributed by atoms with E-state index in [-0.39, 0.29) is 33.4 Å². The third-order valence-electron chi connectivity index (χ3n) is 4.41. The molecule has 0 heterocycles. The summed E-state index contributed by atoms with van der Waals surface area (Å²) in [5, 5.41) is 27.7. The summed E-state index contributed by atoms with van der Waals surface area (Å²) in [7, 11) is 0. The van der Waals surface area contributed by atoms with Crippen LogP contribution in [0.4, 0.5) is 0 Å². The molecule has 0 bridgehead atoms. The molecule has 3 aromatic carbocycles. The molecule has 0 N–H and O–H groups in total. The summed E-state index contributed by atoms with van der Waals surface area (Å²) in [5.41, 5.74) is -0.296. The fraction of sp³-hybridized carbons (Fsp3) is 0. The summed E-state index contributed by atoms with van der Waals surface area (Å²) < 4.78 is 15.8. The fourth-order valence-corrected chi connectivity index (χ4v) is 5.00. The predicted octanol–water partition coefficient (Wildman–Crippen LogP) is 3.16. The Morgan fingerprint density at radius 2 is 0.794 bits per heavy atom. The van der Waals surface area contributed by atoms with Crippen LogP contribution in [0.15, 0.2) is 72.8 Å². The molecule has 0 spiro atoms. The van der Waals surface area contributed by atoms with Crippen LogP contribution in [0.1, 0.15) is 47.8 Å². The summed E-state index contributed by atoms with van der Waals surface area (Å²) >= 11 is -4.49. The van der Waals surface area contributed by atoms with Gasteiger partial charge in [0.15, 0.2) is 0 Å². The SMILES string of the molecule is N#Cc1ccccc1C(=O)[O][Ga]([O]C(=O)c1ccccc1C#N)[O]C(=O)c1ccccc1C#N. The van der Waals surface area contributed by atoms with Crippen LogP contribution in [-0.4, -0.2) is 35.2 Å². The first kappa shape index (κ1) is 23.8. The van der Waals surface area contributed by atoms with Gasteiger partial charge in [0.2, 0.25) is 0 Å². The second-order valence-electron chi connectivity index (χ2n) is 6.48. The summed E-state index contributed by atoms with van der Waals surface area (Å²) in [5.74, 6) is -3.07. The van der Waals surface area contributed by atoms with Gasteiger partial charge in [-0.25, -0.2) is 0 Å². The summed E-state index contributed by atoms with van der Waals surface area (Å²) in [6.45, 7) is 0. The zero-order valence-electron chi connectivity index (χ0n) is 17.3. The van der Waals surface area contributed by atoms with Crippen LogP contribution in [0.25, 0.3) is 0 Å².